The summed E-state index contributed by atoms with van der Waals surface area (Å²) in [7, 11) is 0. The van der Waals surface area contributed by atoms with Crippen LogP contribution in [-0.4, -0.2) is 46.7 Å². The Hall–Kier alpha value is -3.35. The molecule has 7 nitrogen and oxygen atoms in total. The number of rotatable bonds is 3. The Kier molecular flexibility index (Phi) is 5.44. The van der Waals surface area contributed by atoms with Gasteiger partial charge in [0.25, 0.3) is 5.56 Å². The van der Waals surface area contributed by atoms with Gasteiger partial charge in [0.1, 0.15) is 0 Å². The van der Waals surface area contributed by atoms with Gasteiger partial charge in [0.2, 0.25) is 0 Å². The Balaban J connectivity index is 1.50. The van der Waals surface area contributed by atoms with Gasteiger partial charge in [-0.25, -0.2) is 9.78 Å². The minimum absolute atomic E-state index is 0.0792. The van der Waals surface area contributed by atoms with Crippen molar-refractivity contribution in [3.63, 3.8) is 0 Å². The fraction of sp³-hybridized carbons (Fsp3) is 0.348. The average Bonchev–Trinajstić information content (AvgIpc) is 2.76. The highest BCUT2D eigenvalue weighted by Crippen LogP contribution is 2.20. The predicted molar refractivity (Wildman–Crippen MR) is 120 cm³/mol. The predicted octanol–water partition coefficient (Wildman–Crippen LogP) is 3.39. The van der Waals surface area contributed by atoms with E-state index in [1.165, 1.54) is 0 Å². The quantitative estimate of drug-likeness (QED) is 0.725. The molecule has 0 aliphatic carbocycles. The van der Waals surface area contributed by atoms with E-state index in [4.69, 9.17) is 0 Å². The standard InChI is InChI=1S/C23H27N5O2/c1-4-28-20-11-6-5-9-19(20)24-21(22(28)29)26-12-14-27(15-13-26)23(30)25-18-10-7-8-16(2)17(18)3/h5-11H,4,12-15H2,1-3H3,(H,25,30). The molecule has 2 aromatic carbocycles. The highest BCUT2D eigenvalue weighted by molar-refractivity contribution is 5.90. The van der Waals surface area contributed by atoms with Crippen molar-refractivity contribution < 1.29 is 4.79 Å². The van der Waals surface area contributed by atoms with E-state index in [0.717, 1.165) is 27.8 Å². The maximum atomic E-state index is 13.0. The summed E-state index contributed by atoms with van der Waals surface area (Å²) in [4.78, 5) is 34.2. The molecule has 1 saturated heterocycles. The van der Waals surface area contributed by atoms with Crippen LogP contribution in [0.5, 0.6) is 0 Å². The molecule has 3 aromatic rings. The van der Waals surface area contributed by atoms with Crippen LogP contribution in [0.1, 0.15) is 18.1 Å². The lowest BCUT2D eigenvalue weighted by Crippen LogP contribution is -2.51. The normalized spacial score (nSPS) is 14.2. The van der Waals surface area contributed by atoms with Gasteiger partial charge in [0.05, 0.1) is 11.0 Å². The first-order valence-corrected chi connectivity index (χ1v) is 10.4. The Morgan fingerprint density at radius 3 is 2.50 bits per heavy atom. The maximum Gasteiger partial charge on any atom is 0.321 e. The number of para-hydroxylation sites is 2. The van der Waals surface area contributed by atoms with Crippen LogP contribution in [0.2, 0.25) is 0 Å². The molecule has 4 rings (SSSR count). The molecule has 0 unspecified atom stereocenters. The minimum atomic E-state index is -0.110. The molecule has 156 valence electrons. The van der Waals surface area contributed by atoms with Gasteiger partial charge in [-0.3, -0.25) is 4.79 Å². The van der Waals surface area contributed by atoms with Gasteiger partial charge < -0.3 is 19.7 Å². The third-order valence-electron chi connectivity index (χ3n) is 5.86. The lowest BCUT2D eigenvalue weighted by atomic mass is 10.1. The SMILES string of the molecule is CCn1c(=O)c(N2CCN(C(=O)Nc3cccc(C)c3C)CC2)nc2ccccc21. The molecule has 7 heteroatoms. The number of carbonyl (C=O) groups is 1. The van der Waals surface area contributed by atoms with Crippen molar-refractivity contribution in [2.45, 2.75) is 27.3 Å². The van der Waals surface area contributed by atoms with Gasteiger partial charge in [-0.15, -0.1) is 0 Å². The van der Waals surface area contributed by atoms with Crippen molar-refractivity contribution in [2.75, 3.05) is 36.4 Å². The minimum Gasteiger partial charge on any atom is -0.348 e. The van der Waals surface area contributed by atoms with Gasteiger partial charge in [0, 0.05) is 38.4 Å². The van der Waals surface area contributed by atoms with Crippen LogP contribution in [-0.2, 0) is 6.54 Å². The van der Waals surface area contributed by atoms with Crippen LogP contribution in [0, 0.1) is 13.8 Å². The molecule has 1 fully saturated rings. The molecule has 0 bridgehead atoms. The molecule has 0 atom stereocenters. The Morgan fingerprint density at radius 1 is 1.03 bits per heavy atom. The number of hydrogen-bond donors (Lipinski definition) is 1. The van der Waals surface area contributed by atoms with Crippen LogP contribution >= 0.6 is 0 Å². The summed E-state index contributed by atoms with van der Waals surface area (Å²) in [6.45, 7) is 8.82. The van der Waals surface area contributed by atoms with Crippen molar-refractivity contribution >= 4 is 28.6 Å². The highest BCUT2D eigenvalue weighted by Gasteiger charge is 2.25. The maximum absolute atomic E-state index is 13.0. The molecule has 30 heavy (non-hydrogen) atoms. The second-order valence-electron chi connectivity index (χ2n) is 7.63. The first-order chi connectivity index (χ1) is 14.5. The Bertz CT molecular complexity index is 1150. The number of urea groups is 1. The number of amides is 2. The number of fused-ring (bicyclic) bond motifs is 1. The summed E-state index contributed by atoms with van der Waals surface area (Å²) < 4.78 is 1.76. The van der Waals surface area contributed by atoms with Gasteiger partial charge in [-0.05, 0) is 50.1 Å². The molecule has 1 N–H and O–H groups in total. The number of hydrogen-bond acceptors (Lipinski definition) is 4. The molecule has 2 heterocycles. The van der Waals surface area contributed by atoms with Crippen LogP contribution < -0.4 is 15.8 Å². The highest BCUT2D eigenvalue weighted by atomic mass is 16.2. The summed E-state index contributed by atoms with van der Waals surface area (Å²) in [5.74, 6) is 0.463. The first-order valence-electron chi connectivity index (χ1n) is 10.4. The van der Waals surface area contributed by atoms with Gasteiger partial charge >= 0.3 is 6.03 Å². The third-order valence-corrected chi connectivity index (χ3v) is 5.86. The summed E-state index contributed by atoms with van der Waals surface area (Å²) in [5, 5.41) is 3.02. The molecule has 1 aliphatic rings. The van der Waals surface area contributed by atoms with Gasteiger partial charge in [0.15, 0.2) is 5.82 Å². The lowest BCUT2D eigenvalue weighted by Gasteiger charge is -2.35. The lowest BCUT2D eigenvalue weighted by molar-refractivity contribution is 0.208. The van der Waals surface area contributed by atoms with E-state index in [9.17, 15) is 9.59 Å². The molecule has 1 aromatic heterocycles. The van der Waals surface area contributed by atoms with Crippen molar-refractivity contribution in [1.29, 1.82) is 0 Å². The van der Waals surface area contributed by atoms with Gasteiger partial charge in [-0.2, -0.15) is 0 Å². The fourth-order valence-electron chi connectivity index (χ4n) is 3.90. The summed E-state index contributed by atoms with van der Waals surface area (Å²) >= 11 is 0. The number of nitrogens with one attached hydrogen (secondary N) is 1. The van der Waals surface area contributed by atoms with Crippen molar-refractivity contribution in [3.8, 4) is 0 Å². The molecule has 0 saturated carbocycles. The van der Waals surface area contributed by atoms with Crippen molar-refractivity contribution in [3.05, 3.63) is 63.9 Å². The summed E-state index contributed by atoms with van der Waals surface area (Å²) in [5.41, 5.74) is 4.63. The smallest absolute Gasteiger partial charge is 0.321 e. The van der Waals surface area contributed by atoms with Crippen molar-refractivity contribution in [2.24, 2.45) is 0 Å². The van der Waals surface area contributed by atoms with Gasteiger partial charge in [-0.1, -0.05) is 24.3 Å². The number of anilines is 2. The largest absolute Gasteiger partial charge is 0.348 e. The molecule has 2 amide bonds. The Morgan fingerprint density at radius 2 is 1.77 bits per heavy atom. The molecule has 0 spiro atoms. The number of piperazine rings is 1. The van der Waals surface area contributed by atoms with Crippen molar-refractivity contribution in [1.82, 2.24) is 14.5 Å². The zero-order chi connectivity index (χ0) is 21.3. The van der Waals surface area contributed by atoms with E-state index >= 15 is 0 Å². The monoisotopic (exact) mass is 405 g/mol. The van der Waals surface area contributed by atoms with E-state index in [-0.39, 0.29) is 11.6 Å². The van der Waals surface area contributed by atoms with E-state index in [2.05, 4.69) is 10.3 Å². The molecular weight excluding hydrogens is 378 g/mol. The third kappa shape index (κ3) is 3.63. The van der Waals surface area contributed by atoms with E-state index in [1.54, 1.807) is 9.47 Å². The van der Waals surface area contributed by atoms with E-state index in [0.29, 0.717) is 38.5 Å². The number of benzene rings is 2. The van der Waals surface area contributed by atoms with E-state index in [1.807, 2.05) is 68.1 Å². The summed E-state index contributed by atoms with van der Waals surface area (Å²) in [6.07, 6.45) is 0. The second-order valence-corrected chi connectivity index (χ2v) is 7.63. The summed E-state index contributed by atoms with van der Waals surface area (Å²) in [6, 6.07) is 13.5. The van der Waals surface area contributed by atoms with Crippen LogP contribution in [0.25, 0.3) is 11.0 Å². The molecular formula is C23H27N5O2. The van der Waals surface area contributed by atoms with E-state index < -0.39 is 0 Å². The zero-order valence-corrected chi connectivity index (χ0v) is 17.7. The second kappa shape index (κ2) is 8.18. The Labute approximate surface area is 175 Å². The topological polar surface area (TPSA) is 70.5 Å². The fourth-order valence-corrected chi connectivity index (χ4v) is 3.90. The first kappa shape index (κ1) is 19.9. The average molecular weight is 406 g/mol. The number of carbonyl (C=O) groups excluding carboxylic acids is 1. The molecule has 1 aliphatic heterocycles. The number of aryl methyl sites for hydroxylation is 2. The van der Waals surface area contributed by atoms with Crippen LogP contribution in [0.15, 0.2) is 47.3 Å². The zero-order valence-electron chi connectivity index (χ0n) is 17.7. The number of nitrogens with zero attached hydrogens (tertiary/aromatic N) is 4. The molecule has 0 radical (unpaired) electrons. The number of aromatic nitrogens is 2. The van der Waals surface area contributed by atoms with Crippen LogP contribution in [0.3, 0.4) is 0 Å². The van der Waals surface area contributed by atoms with Crippen LogP contribution in [0.4, 0.5) is 16.3 Å².